The van der Waals surface area contributed by atoms with Crippen molar-refractivity contribution in [3.8, 4) is 11.5 Å². The summed E-state index contributed by atoms with van der Waals surface area (Å²) < 4.78 is 39.0. The van der Waals surface area contributed by atoms with Crippen LogP contribution in [0.15, 0.2) is 59.8 Å². The number of anilines is 3. The maximum atomic E-state index is 12.8. The molecule has 3 N–H and O–H groups in total. The number of nitrogens with one attached hydrogen (secondary N) is 3. The molecule has 0 saturated heterocycles. The third-order valence-corrected chi connectivity index (χ3v) is 6.36. The molecule has 10 heteroatoms. The number of hydrogen-bond acceptors (Lipinski definition) is 8. The van der Waals surface area contributed by atoms with Crippen molar-refractivity contribution in [1.82, 2.24) is 14.7 Å². The quantitative estimate of drug-likeness (QED) is 0.430. The molecule has 0 aliphatic heterocycles. The second-order valence-corrected chi connectivity index (χ2v) is 9.95. The first kappa shape index (κ1) is 24.3. The van der Waals surface area contributed by atoms with Crippen molar-refractivity contribution in [2.24, 2.45) is 0 Å². The summed E-state index contributed by atoms with van der Waals surface area (Å²) in [5.74, 6) is 2.37. The zero-order valence-corrected chi connectivity index (χ0v) is 20.2. The molecule has 176 valence electrons. The first-order valence-corrected chi connectivity index (χ1v) is 11.8. The fourth-order valence-corrected chi connectivity index (χ4v) is 4.78. The number of sulfonamides is 1. The van der Waals surface area contributed by atoms with Gasteiger partial charge in [-0.1, -0.05) is 18.2 Å². The summed E-state index contributed by atoms with van der Waals surface area (Å²) in [6.45, 7) is 5.68. The molecule has 0 unspecified atom stereocenters. The maximum Gasteiger partial charge on any atom is 0.241 e. The van der Waals surface area contributed by atoms with Crippen molar-refractivity contribution >= 4 is 27.3 Å². The molecule has 0 bridgehead atoms. The molecule has 0 fully saturated rings. The average Bonchev–Trinajstić information content (AvgIpc) is 2.77. The molecular weight excluding hydrogens is 442 g/mol. The number of methoxy groups -OCH3 is 2. The van der Waals surface area contributed by atoms with Crippen molar-refractivity contribution < 1.29 is 17.9 Å². The van der Waals surface area contributed by atoms with Gasteiger partial charge in [0.05, 0.1) is 24.8 Å². The largest absolute Gasteiger partial charge is 0.497 e. The van der Waals surface area contributed by atoms with Gasteiger partial charge in [0.25, 0.3) is 0 Å². The summed E-state index contributed by atoms with van der Waals surface area (Å²) in [4.78, 5) is 8.71. The van der Waals surface area contributed by atoms with Gasteiger partial charge in [0.2, 0.25) is 10.0 Å². The van der Waals surface area contributed by atoms with E-state index in [9.17, 15) is 8.42 Å². The van der Waals surface area contributed by atoms with E-state index in [4.69, 9.17) is 9.47 Å². The Morgan fingerprint density at radius 1 is 0.939 bits per heavy atom. The van der Waals surface area contributed by atoms with Crippen LogP contribution in [0, 0.1) is 0 Å². The Morgan fingerprint density at radius 2 is 1.67 bits per heavy atom. The van der Waals surface area contributed by atoms with Crippen LogP contribution < -0.4 is 24.8 Å². The molecule has 33 heavy (non-hydrogen) atoms. The molecule has 2 aromatic carbocycles. The monoisotopic (exact) mass is 471 g/mol. The molecular formula is C23H29N5O4S. The van der Waals surface area contributed by atoms with Crippen molar-refractivity contribution in [2.45, 2.75) is 37.8 Å². The van der Waals surface area contributed by atoms with Crippen LogP contribution in [0.2, 0.25) is 0 Å². The highest BCUT2D eigenvalue weighted by atomic mass is 32.2. The van der Waals surface area contributed by atoms with Crippen LogP contribution in [0.3, 0.4) is 0 Å². The third-order valence-electron chi connectivity index (χ3n) is 4.50. The molecule has 3 rings (SSSR count). The predicted octanol–water partition coefficient (Wildman–Crippen LogP) is 3.93. The Labute approximate surface area is 194 Å². The Kier molecular flexibility index (Phi) is 7.39. The lowest BCUT2D eigenvalue weighted by molar-refractivity contribution is 0.395. The topological polar surface area (TPSA) is 114 Å². The van der Waals surface area contributed by atoms with E-state index in [0.29, 0.717) is 34.4 Å². The minimum absolute atomic E-state index is 0.225. The van der Waals surface area contributed by atoms with Crippen LogP contribution in [-0.2, 0) is 16.6 Å². The fourth-order valence-electron chi connectivity index (χ4n) is 3.12. The van der Waals surface area contributed by atoms with Gasteiger partial charge in [-0.15, -0.1) is 0 Å². The second kappa shape index (κ2) is 10.1. The second-order valence-electron chi connectivity index (χ2n) is 8.30. The van der Waals surface area contributed by atoms with Gasteiger partial charge in [0.1, 0.15) is 29.5 Å². The zero-order valence-electron chi connectivity index (χ0n) is 19.3. The summed E-state index contributed by atoms with van der Waals surface area (Å²) in [6.07, 6.45) is 1.42. The van der Waals surface area contributed by atoms with Gasteiger partial charge in [-0.25, -0.2) is 23.1 Å². The molecule has 0 saturated carbocycles. The SMILES string of the molecule is COc1ccc(Nc2cc(NCc3ccccc3S(=O)(=O)NC(C)(C)C)ncn2)c(OC)c1. The molecule has 0 atom stereocenters. The van der Waals surface area contributed by atoms with E-state index in [1.807, 2.05) is 12.1 Å². The fraction of sp³-hybridized carbons (Fsp3) is 0.304. The molecule has 0 spiro atoms. The van der Waals surface area contributed by atoms with E-state index in [2.05, 4.69) is 25.3 Å². The summed E-state index contributed by atoms with van der Waals surface area (Å²) >= 11 is 0. The normalized spacial score (nSPS) is 11.7. The Balaban J connectivity index is 1.77. The van der Waals surface area contributed by atoms with Crippen molar-refractivity contribution in [2.75, 3.05) is 24.9 Å². The minimum atomic E-state index is -3.67. The molecule has 0 aliphatic carbocycles. The van der Waals surface area contributed by atoms with E-state index in [1.54, 1.807) is 71.4 Å². The highest BCUT2D eigenvalue weighted by molar-refractivity contribution is 7.89. The summed E-state index contributed by atoms with van der Waals surface area (Å²) in [7, 11) is -0.508. The third kappa shape index (κ3) is 6.56. The van der Waals surface area contributed by atoms with Gasteiger partial charge in [-0.05, 0) is 44.5 Å². The lowest BCUT2D eigenvalue weighted by atomic mass is 10.1. The van der Waals surface area contributed by atoms with Crippen LogP contribution in [0.5, 0.6) is 11.5 Å². The van der Waals surface area contributed by atoms with Gasteiger partial charge in [0.15, 0.2) is 0 Å². The molecule has 0 amide bonds. The zero-order chi connectivity index (χ0) is 24.1. The standard InChI is InChI=1S/C23H29N5O4S/c1-23(2,3)28-33(29,30)20-9-7-6-8-16(20)14-24-21-13-22(26-15-25-21)27-18-11-10-17(31-4)12-19(18)32-5/h6-13,15,28H,14H2,1-5H3,(H2,24,25,26,27). The molecule has 1 aromatic heterocycles. The highest BCUT2D eigenvalue weighted by Gasteiger charge is 2.24. The number of benzene rings is 2. The van der Waals surface area contributed by atoms with E-state index in [1.165, 1.54) is 6.33 Å². The van der Waals surface area contributed by atoms with Gasteiger partial charge in [0, 0.05) is 24.2 Å². The van der Waals surface area contributed by atoms with E-state index in [0.717, 1.165) is 0 Å². The number of rotatable bonds is 9. The Hall–Kier alpha value is -3.37. The number of hydrogen-bond donors (Lipinski definition) is 3. The predicted molar refractivity (Wildman–Crippen MR) is 129 cm³/mol. The molecule has 9 nitrogen and oxygen atoms in total. The van der Waals surface area contributed by atoms with Crippen molar-refractivity contribution in [3.05, 3.63) is 60.4 Å². The van der Waals surface area contributed by atoms with Crippen LogP contribution >= 0.6 is 0 Å². The lowest BCUT2D eigenvalue weighted by Crippen LogP contribution is -2.40. The first-order valence-electron chi connectivity index (χ1n) is 10.3. The van der Waals surface area contributed by atoms with Gasteiger partial charge >= 0.3 is 0 Å². The van der Waals surface area contributed by atoms with Gasteiger partial charge in [-0.2, -0.15) is 0 Å². The summed E-state index contributed by atoms with van der Waals surface area (Å²) in [6, 6.07) is 14.0. The van der Waals surface area contributed by atoms with Crippen molar-refractivity contribution in [1.29, 1.82) is 0 Å². The molecule has 3 aromatic rings. The number of aromatic nitrogens is 2. The van der Waals surface area contributed by atoms with Crippen LogP contribution in [0.4, 0.5) is 17.3 Å². The summed E-state index contributed by atoms with van der Waals surface area (Å²) in [5, 5.41) is 6.37. The minimum Gasteiger partial charge on any atom is -0.497 e. The number of nitrogens with zero attached hydrogens (tertiary/aromatic N) is 2. The first-order chi connectivity index (χ1) is 15.6. The summed E-state index contributed by atoms with van der Waals surface area (Å²) in [5.41, 5.74) is 0.751. The van der Waals surface area contributed by atoms with Gasteiger partial charge < -0.3 is 20.1 Å². The number of ether oxygens (including phenoxy) is 2. The average molecular weight is 472 g/mol. The van der Waals surface area contributed by atoms with Crippen LogP contribution in [0.1, 0.15) is 26.3 Å². The Morgan fingerprint density at radius 3 is 2.36 bits per heavy atom. The highest BCUT2D eigenvalue weighted by Crippen LogP contribution is 2.31. The smallest absolute Gasteiger partial charge is 0.241 e. The Bertz CT molecular complexity index is 1210. The lowest BCUT2D eigenvalue weighted by Gasteiger charge is -2.21. The maximum absolute atomic E-state index is 12.8. The molecule has 1 heterocycles. The molecule has 0 aliphatic rings. The van der Waals surface area contributed by atoms with E-state index in [-0.39, 0.29) is 11.4 Å². The van der Waals surface area contributed by atoms with Gasteiger partial charge in [-0.3, -0.25) is 0 Å². The van der Waals surface area contributed by atoms with E-state index < -0.39 is 15.6 Å². The van der Waals surface area contributed by atoms with E-state index >= 15 is 0 Å². The van der Waals surface area contributed by atoms with Crippen LogP contribution in [-0.4, -0.2) is 38.1 Å². The van der Waals surface area contributed by atoms with Crippen molar-refractivity contribution in [3.63, 3.8) is 0 Å². The van der Waals surface area contributed by atoms with Crippen LogP contribution in [0.25, 0.3) is 0 Å². The molecule has 0 radical (unpaired) electrons.